The molecule has 1 fully saturated rings. The van der Waals surface area contributed by atoms with Crippen molar-refractivity contribution in [1.29, 1.82) is 0 Å². The van der Waals surface area contributed by atoms with Gasteiger partial charge in [-0.1, -0.05) is 13.8 Å². The number of hydrogen-bond acceptors (Lipinski definition) is 5. The maximum absolute atomic E-state index is 12.6. The van der Waals surface area contributed by atoms with Gasteiger partial charge in [-0.15, -0.1) is 12.4 Å². The molecule has 25 heavy (non-hydrogen) atoms. The van der Waals surface area contributed by atoms with Crippen LogP contribution in [0, 0.1) is 5.41 Å². The normalized spacial score (nSPS) is 20.2. The summed E-state index contributed by atoms with van der Waals surface area (Å²) in [7, 11) is -2.17. The first-order valence-corrected chi connectivity index (χ1v) is 9.37. The van der Waals surface area contributed by atoms with Gasteiger partial charge < -0.3 is 20.4 Å². The molecule has 2 rings (SSSR count). The summed E-state index contributed by atoms with van der Waals surface area (Å²) in [6.07, 6.45) is 2.05. The molecule has 2 heterocycles. The van der Waals surface area contributed by atoms with Crippen molar-refractivity contribution in [1.82, 2.24) is 14.6 Å². The highest BCUT2D eigenvalue weighted by Gasteiger charge is 2.36. The zero-order valence-corrected chi connectivity index (χ0v) is 16.4. The Hall–Kier alpha value is -1.13. The van der Waals surface area contributed by atoms with Crippen molar-refractivity contribution in [3.63, 3.8) is 0 Å². The molecule has 0 saturated carbocycles. The molecule has 0 aliphatic carbocycles. The summed E-state index contributed by atoms with van der Waals surface area (Å²) in [4.78, 5) is 17.1. The maximum atomic E-state index is 12.6. The number of carbonyl (C=O) groups excluding carboxylic acids is 1. The molecule has 10 heteroatoms. The number of amides is 1. The van der Waals surface area contributed by atoms with Crippen LogP contribution in [0.25, 0.3) is 0 Å². The fraction of sp³-hybridized carbons (Fsp3) is 0.667. The van der Waals surface area contributed by atoms with Gasteiger partial charge in [-0.2, -0.15) is 0 Å². The highest BCUT2D eigenvalue weighted by molar-refractivity contribution is 7.89. The second-order valence-electron chi connectivity index (χ2n) is 6.75. The van der Waals surface area contributed by atoms with Gasteiger partial charge in [0, 0.05) is 39.0 Å². The molecule has 1 aliphatic heterocycles. The van der Waals surface area contributed by atoms with Gasteiger partial charge in [0.2, 0.25) is 10.0 Å². The number of nitrogens with zero attached hydrogens (tertiary/aromatic N) is 1. The lowest BCUT2D eigenvalue weighted by Crippen LogP contribution is -2.54. The largest absolute Gasteiger partial charge is 0.383 e. The third kappa shape index (κ3) is 5.18. The predicted molar refractivity (Wildman–Crippen MR) is 97.4 cm³/mol. The summed E-state index contributed by atoms with van der Waals surface area (Å²) in [5, 5.41) is 0. The van der Waals surface area contributed by atoms with E-state index in [1.165, 1.54) is 19.4 Å². The number of sulfonamides is 1. The van der Waals surface area contributed by atoms with E-state index in [1.807, 2.05) is 13.8 Å². The van der Waals surface area contributed by atoms with Gasteiger partial charge in [-0.25, -0.2) is 13.1 Å². The van der Waals surface area contributed by atoms with Crippen molar-refractivity contribution in [3.05, 3.63) is 18.0 Å². The van der Waals surface area contributed by atoms with Crippen LogP contribution in [-0.4, -0.2) is 63.6 Å². The van der Waals surface area contributed by atoms with Crippen molar-refractivity contribution in [2.45, 2.75) is 31.2 Å². The number of aromatic nitrogens is 1. The Morgan fingerprint density at radius 1 is 1.52 bits per heavy atom. The molecule has 8 nitrogen and oxygen atoms in total. The fourth-order valence-electron chi connectivity index (χ4n) is 2.73. The number of rotatable bonds is 6. The van der Waals surface area contributed by atoms with Crippen molar-refractivity contribution in [3.8, 4) is 0 Å². The number of aromatic amines is 1. The van der Waals surface area contributed by atoms with Crippen LogP contribution < -0.4 is 10.5 Å². The van der Waals surface area contributed by atoms with E-state index in [9.17, 15) is 13.2 Å². The molecule has 1 atom stereocenters. The molecule has 0 aromatic carbocycles. The summed E-state index contributed by atoms with van der Waals surface area (Å²) < 4.78 is 31.5. The molecule has 0 bridgehead atoms. The Labute approximate surface area is 154 Å². The lowest BCUT2D eigenvalue weighted by molar-refractivity contribution is 0.0528. The number of likely N-dealkylation sites (tertiary alicyclic amines) is 1. The Morgan fingerprint density at radius 2 is 2.20 bits per heavy atom. The van der Waals surface area contributed by atoms with E-state index in [2.05, 4.69) is 9.71 Å². The van der Waals surface area contributed by atoms with Gasteiger partial charge in [0.1, 0.15) is 10.6 Å². The summed E-state index contributed by atoms with van der Waals surface area (Å²) in [5.41, 5.74) is 6.18. The van der Waals surface area contributed by atoms with E-state index in [4.69, 9.17) is 10.5 Å². The van der Waals surface area contributed by atoms with Crippen LogP contribution in [0.1, 0.15) is 30.8 Å². The average Bonchev–Trinajstić information content (AvgIpc) is 3.00. The number of ether oxygens (including phenoxy) is 1. The number of halogens is 1. The minimum atomic E-state index is -3.66. The van der Waals surface area contributed by atoms with Crippen LogP contribution >= 0.6 is 12.4 Å². The summed E-state index contributed by atoms with van der Waals surface area (Å²) in [6.45, 7) is 5.61. The van der Waals surface area contributed by atoms with Gasteiger partial charge in [0.05, 0.1) is 6.61 Å². The van der Waals surface area contributed by atoms with Gasteiger partial charge in [-0.3, -0.25) is 4.79 Å². The number of piperidine rings is 1. The smallest absolute Gasteiger partial charge is 0.270 e. The van der Waals surface area contributed by atoms with Crippen LogP contribution in [0.2, 0.25) is 0 Å². The minimum Gasteiger partial charge on any atom is -0.383 e. The van der Waals surface area contributed by atoms with Gasteiger partial charge >= 0.3 is 0 Å². The number of nitrogens with two attached hydrogens (primary N) is 1. The molecule has 1 aromatic heterocycles. The Kier molecular flexibility index (Phi) is 7.45. The van der Waals surface area contributed by atoms with Crippen LogP contribution in [-0.2, 0) is 14.8 Å². The van der Waals surface area contributed by atoms with Gasteiger partial charge in [0.15, 0.2) is 0 Å². The number of carbonyl (C=O) groups is 1. The standard InChI is InChI=1S/C15H26N4O4S.ClH/c1-15(2)10-19(6-4-13(15)16)14(20)12-8-11(9-17-12)24(21,22)18-5-7-23-3;/h8-9,13,17-18H,4-7,10,16H2,1-3H3;1H. The third-order valence-corrected chi connectivity index (χ3v) is 5.84. The number of methoxy groups -OCH3 is 1. The van der Waals surface area contributed by atoms with E-state index < -0.39 is 10.0 Å². The Balaban J connectivity index is 0.00000312. The highest BCUT2D eigenvalue weighted by atomic mass is 35.5. The van der Waals surface area contributed by atoms with Crippen LogP contribution in [0.15, 0.2) is 17.2 Å². The molecular formula is C15H27ClN4O4S. The molecular weight excluding hydrogens is 368 g/mol. The monoisotopic (exact) mass is 394 g/mol. The predicted octanol–water partition coefficient (Wildman–Crippen LogP) is 0.561. The summed E-state index contributed by atoms with van der Waals surface area (Å²) in [6, 6.07) is 1.41. The van der Waals surface area contributed by atoms with E-state index >= 15 is 0 Å². The highest BCUT2D eigenvalue weighted by Crippen LogP contribution is 2.28. The first kappa shape index (κ1) is 21.9. The fourth-order valence-corrected chi connectivity index (χ4v) is 3.74. The molecule has 4 N–H and O–H groups in total. The van der Waals surface area contributed by atoms with E-state index in [-0.39, 0.29) is 53.5 Å². The topological polar surface area (TPSA) is 118 Å². The van der Waals surface area contributed by atoms with E-state index in [0.29, 0.717) is 13.1 Å². The number of hydrogen-bond donors (Lipinski definition) is 3. The van der Waals surface area contributed by atoms with Crippen LogP contribution in [0.4, 0.5) is 0 Å². The second-order valence-corrected chi connectivity index (χ2v) is 8.52. The summed E-state index contributed by atoms with van der Waals surface area (Å²) >= 11 is 0. The van der Waals surface area contributed by atoms with Crippen LogP contribution in [0.5, 0.6) is 0 Å². The Morgan fingerprint density at radius 3 is 2.80 bits per heavy atom. The SMILES string of the molecule is COCCNS(=O)(=O)c1c[nH]c(C(=O)N2CCC(N)C(C)(C)C2)c1.Cl. The molecule has 0 spiro atoms. The molecule has 1 saturated heterocycles. The van der Waals surface area contributed by atoms with E-state index in [0.717, 1.165) is 6.42 Å². The zero-order valence-electron chi connectivity index (χ0n) is 14.7. The quantitative estimate of drug-likeness (QED) is 0.609. The lowest BCUT2D eigenvalue weighted by Gasteiger charge is -2.42. The second kappa shape index (κ2) is 8.50. The third-order valence-electron chi connectivity index (χ3n) is 4.39. The minimum absolute atomic E-state index is 0. The molecule has 1 amide bonds. The molecule has 0 radical (unpaired) electrons. The average molecular weight is 395 g/mol. The van der Waals surface area contributed by atoms with Crippen molar-refractivity contribution in [2.24, 2.45) is 11.1 Å². The first-order valence-electron chi connectivity index (χ1n) is 7.89. The molecule has 144 valence electrons. The van der Waals surface area contributed by atoms with Crippen molar-refractivity contribution >= 4 is 28.3 Å². The van der Waals surface area contributed by atoms with Crippen molar-refractivity contribution in [2.75, 3.05) is 33.4 Å². The number of H-pyrrole nitrogens is 1. The first-order chi connectivity index (χ1) is 11.2. The maximum Gasteiger partial charge on any atom is 0.270 e. The number of nitrogens with one attached hydrogen (secondary N) is 2. The molecule has 1 unspecified atom stereocenters. The lowest BCUT2D eigenvalue weighted by atomic mass is 9.79. The molecule has 1 aromatic rings. The van der Waals surface area contributed by atoms with Crippen LogP contribution in [0.3, 0.4) is 0 Å². The summed E-state index contributed by atoms with van der Waals surface area (Å²) in [5.74, 6) is -0.215. The van der Waals surface area contributed by atoms with Gasteiger partial charge in [0.25, 0.3) is 5.91 Å². The van der Waals surface area contributed by atoms with Crippen molar-refractivity contribution < 1.29 is 17.9 Å². The molecule has 1 aliphatic rings. The Bertz CT molecular complexity index is 689. The van der Waals surface area contributed by atoms with Gasteiger partial charge in [-0.05, 0) is 17.9 Å². The van der Waals surface area contributed by atoms with E-state index in [1.54, 1.807) is 4.90 Å². The zero-order chi connectivity index (χ0) is 18.0.